The average Bonchev–Trinajstić information content (AvgIpc) is 1.61. The molecular weight excluding hydrogens is 1420 g/mol. The van der Waals surface area contributed by atoms with Crippen molar-refractivity contribution in [1.82, 2.24) is 13.7 Å². The Labute approximate surface area is 697 Å². The Morgan fingerprint density at radius 1 is 0.274 bits per heavy atom. The lowest BCUT2D eigenvalue weighted by Gasteiger charge is -2.46. The maximum absolute atomic E-state index is 10.0. The highest BCUT2D eigenvalue weighted by atomic mass is 16.3. The van der Waals surface area contributed by atoms with E-state index in [9.17, 15) is 11.0 Å². The van der Waals surface area contributed by atoms with Crippen molar-refractivity contribution in [1.29, 1.82) is 0 Å². The molecule has 4 aromatic heterocycles. The highest BCUT2D eigenvalue weighted by Crippen LogP contribution is 2.56. The lowest BCUT2D eigenvalue weighted by molar-refractivity contribution is 0.590. The lowest BCUT2D eigenvalue weighted by atomic mass is 9.33. The van der Waals surface area contributed by atoms with Crippen molar-refractivity contribution in [2.24, 2.45) is 0 Å². The zero-order valence-electron chi connectivity index (χ0n) is 77.0. The van der Waals surface area contributed by atoms with E-state index in [1.54, 1.807) is 4.57 Å². The van der Waals surface area contributed by atoms with Gasteiger partial charge in [0.05, 0.1) is 66.5 Å². The number of anilines is 6. The number of aromatic nitrogens is 3. The zero-order valence-corrected chi connectivity index (χ0v) is 69.0. The molecule has 0 bridgehead atoms. The highest BCUT2D eigenvalue weighted by molar-refractivity contribution is 7.00. The fourth-order valence-corrected chi connectivity index (χ4v) is 18.9. The second-order valence-corrected chi connectivity index (χ2v) is 37.6. The van der Waals surface area contributed by atoms with Gasteiger partial charge in [0.15, 0.2) is 0 Å². The zero-order chi connectivity index (χ0) is 87.2. The Bertz CT molecular complexity index is 7580. The molecule has 0 saturated carbocycles. The SMILES string of the molecule is [2H]c1c([2H])c([2H])c2c(c1[2H])c1c([2H])c([2H])c([2H])c([2H])c1n2-c1ccc2c(c1)N(c1c(-c3ccccc3)ccc3oc4ccccc4c13)c1cc(-n3c4ccc(C(C)(C)C)cc4c4cc(C(C)(C)C)ccc43)cc3c1B2c1ccc(-n2c4ccc(C(C)(C)C)cc4c4cc(C(C)(C)C)ccc42)cc1N3c1c(-c2ccccc2)cc(C(C)(C)C)cc1-c1ccccc1. The highest BCUT2D eigenvalue weighted by Gasteiger charge is 2.47. The summed E-state index contributed by atoms with van der Waals surface area (Å²) in [5.41, 5.74) is 26.9. The van der Waals surface area contributed by atoms with Crippen molar-refractivity contribution in [2.45, 2.75) is 131 Å². The van der Waals surface area contributed by atoms with E-state index < -0.39 is 43.0 Å². The van der Waals surface area contributed by atoms with E-state index in [-0.39, 0.29) is 61.0 Å². The molecule has 0 amide bonds. The molecule has 19 aromatic rings. The van der Waals surface area contributed by atoms with E-state index >= 15 is 0 Å². The van der Waals surface area contributed by atoms with Crippen LogP contribution in [0.15, 0.2) is 314 Å². The van der Waals surface area contributed by atoms with Crippen LogP contribution in [-0.2, 0) is 27.1 Å². The molecule has 21 rings (SSSR count). The van der Waals surface area contributed by atoms with Gasteiger partial charge in [-0.1, -0.05) is 286 Å². The lowest BCUT2D eigenvalue weighted by Crippen LogP contribution is -2.61. The van der Waals surface area contributed by atoms with Gasteiger partial charge in [-0.25, -0.2) is 0 Å². The van der Waals surface area contributed by atoms with Crippen molar-refractivity contribution < 1.29 is 15.4 Å². The first kappa shape index (κ1) is 63.5. The van der Waals surface area contributed by atoms with Crippen LogP contribution in [0.3, 0.4) is 0 Å². The summed E-state index contributed by atoms with van der Waals surface area (Å²) in [6, 6.07) is 92.6. The molecule has 0 unspecified atom stereocenters. The van der Waals surface area contributed by atoms with Gasteiger partial charge in [-0.3, -0.25) is 0 Å². The van der Waals surface area contributed by atoms with Crippen LogP contribution in [-0.4, -0.2) is 20.4 Å². The number of nitrogens with zero attached hydrogens (tertiary/aromatic N) is 5. The van der Waals surface area contributed by atoms with Gasteiger partial charge < -0.3 is 27.9 Å². The molecule has 0 radical (unpaired) electrons. The molecule has 0 atom stereocenters. The first-order valence-electron chi connectivity index (χ1n) is 45.1. The molecule has 2 aliphatic heterocycles. The first-order valence-corrected chi connectivity index (χ1v) is 41.1. The molecule has 570 valence electrons. The second-order valence-electron chi connectivity index (χ2n) is 37.6. The molecule has 0 saturated heterocycles. The number of furan rings is 1. The number of fused-ring (bicyclic) bond motifs is 16. The minimum absolute atomic E-state index is 0.00598. The topological polar surface area (TPSA) is 34.4 Å². The molecule has 0 aliphatic carbocycles. The normalized spacial score (nSPS) is 14.3. The van der Waals surface area contributed by atoms with E-state index in [4.69, 9.17) is 4.42 Å². The van der Waals surface area contributed by atoms with Crippen molar-refractivity contribution in [3.05, 3.63) is 337 Å². The van der Waals surface area contributed by atoms with E-state index in [2.05, 4.69) is 359 Å². The summed E-state index contributed by atoms with van der Waals surface area (Å²) in [5.74, 6) is 0. The molecule has 117 heavy (non-hydrogen) atoms. The van der Waals surface area contributed by atoms with Crippen molar-refractivity contribution in [3.8, 4) is 50.4 Å². The van der Waals surface area contributed by atoms with Gasteiger partial charge in [0, 0.05) is 88.5 Å². The third-order valence-corrected chi connectivity index (χ3v) is 25.0. The van der Waals surface area contributed by atoms with Crippen LogP contribution < -0.4 is 26.2 Å². The predicted molar refractivity (Wildman–Crippen MR) is 501 cm³/mol. The van der Waals surface area contributed by atoms with Crippen molar-refractivity contribution in [2.75, 3.05) is 9.80 Å². The largest absolute Gasteiger partial charge is 0.456 e. The maximum Gasteiger partial charge on any atom is 0.252 e. The smallest absolute Gasteiger partial charge is 0.252 e. The summed E-state index contributed by atoms with van der Waals surface area (Å²) < 4.78 is 90.7. The summed E-state index contributed by atoms with van der Waals surface area (Å²) in [6.07, 6.45) is 0. The maximum atomic E-state index is 10.0. The third kappa shape index (κ3) is 11.3. The molecular formula is C110H96BN5O. The second kappa shape index (κ2) is 25.8. The molecule has 0 fully saturated rings. The number of benzene rings is 15. The Kier molecular flexibility index (Phi) is 14.0. The van der Waals surface area contributed by atoms with Crippen LogP contribution in [0.1, 0.15) is 143 Å². The molecule has 0 spiro atoms. The number of hydrogen-bond donors (Lipinski definition) is 0. The van der Waals surface area contributed by atoms with Crippen LogP contribution in [0, 0.1) is 0 Å². The number of para-hydroxylation sites is 3. The summed E-state index contributed by atoms with van der Waals surface area (Å²) in [6.45, 7) is 33.8. The Morgan fingerprint density at radius 2 is 0.641 bits per heavy atom. The summed E-state index contributed by atoms with van der Waals surface area (Å²) in [7, 11) is 0. The van der Waals surface area contributed by atoms with Gasteiger partial charge >= 0.3 is 0 Å². The van der Waals surface area contributed by atoms with E-state index in [0.29, 0.717) is 22.5 Å². The summed E-state index contributed by atoms with van der Waals surface area (Å²) >= 11 is 0. The molecule has 6 heterocycles. The Morgan fingerprint density at radius 3 is 1.07 bits per heavy atom. The van der Waals surface area contributed by atoms with Gasteiger partial charge in [-0.2, -0.15) is 0 Å². The molecule has 0 N–H and O–H groups in total. The van der Waals surface area contributed by atoms with Gasteiger partial charge in [0.25, 0.3) is 6.71 Å². The third-order valence-electron chi connectivity index (χ3n) is 25.0. The van der Waals surface area contributed by atoms with Crippen LogP contribution >= 0.6 is 0 Å². The van der Waals surface area contributed by atoms with E-state index in [0.717, 1.165) is 133 Å². The monoisotopic (exact) mass is 1520 g/mol. The average molecular weight is 1520 g/mol. The number of hydrogen-bond acceptors (Lipinski definition) is 3. The first-order chi connectivity index (χ1) is 59.5. The summed E-state index contributed by atoms with van der Waals surface area (Å²) in [5, 5.41) is 6.30. The van der Waals surface area contributed by atoms with Crippen LogP contribution in [0.2, 0.25) is 0 Å². The van der Waals surface area contributed by atoms with Gasteiger partial charge in [-0.05, 0) is 215 Å². The Hall–Kier alpha value is -12.8. The van der Waals surface area contributed by atoms with Gasteiger partial charge in [0.2, 0.25) is 0 Å². The molecule has 2 aliphatic rings. The van der Waals surface area contributed by atoms with E-state index in [1.165, 1.54) is 38.6 Å². The molecule has 7 heteroatoms. The predicted octanol–water partition coefficient (Wildman–Crippen LogP) is 28.4. The van der Waals surface area contributed by atoms with Crippen molar-refractivity contribution >= 4 is 145 Å². The van der Waals surface area contributed by atoms with Crippen LogP contribution in [0.4, 0.5) is 34.1 Å². The van der Waals surface area contributed by atoms with Crippen LogP contribution in [0.5, 0.6) is 0 Å². The van der Waals surface area contributed by atoms with Crippen molar-refractivity contribution in [3.63, 3.8) is 0 Å². The summed E-state index contributed by atoms with van der Waals surface area (Å²) in [4.78, 5) is 5.07. The Balaban J connectivity index is 1.00. The molecule has 6 nitrogen and oxygen atoms in total. The standard InChI is InChI=1S/C110H96BN5O/c1-106(2,3)70-43-52-92-84(57-70)85-58-71(107(4,5)6)44-53-93(85)113(92)76-48-50-88-96(63-76)115(104-82(68-33-21-17-22-34-68)61-74(110(13,14)15)62-83(104)69-35-23-18-24-36-69)98-65-77(114-94-54-45-72(108(7,8)9)59-86(94)87-60-73(109(10,11)12)46-55-95(87)114)66-99-103(98)111(88)89-51-47-75(112-90-40-28-25-37-79(90)80-38-26-29-41-91(80)112)64-97(89)116(99)105-78(67-31-19-16-20-32-67)49-56-101-102(105)81-39-27-30-42-100(81)117-101/h16-66H,1-15H3/i25D,26D,28D,29D,37D,38D,40D,41D. The fourth-order valence-electron chi connectivity index (χ4n) is 18.9. The van der Waals surface area contributed by atoms with Gasteiger partial charge in [0.1, 0.15) is 11.2 Å². The minimum Gasteiger partial charge on any atom is -0.456 e. The van der Waals surface area contributed by atoms with Crippen LogP contribution in [0.25, 0.3) is 138 Å². The number of rotatable bonds is 8. The molecule has 15 aromatic carbocycles. The van der Waals surface area contributed by atoms with E-state index in [1.807, 2.05) is 24.3 Å². The fraction of sp³-hybridized carbons (Fsp3) is 0.182. The minimum atomic E-state index is -0.597. The quantitative estimate of drug-likeness (QED) is 0.142. The van der Waals surface area contributed by atoms with Gasteiger partial charge in [-0.15, -0.1) is 0 Å².